The second-order valence-corrected chi connectivity index (χ2v) is 8.46. The topological polar surface area (TPSA) is 58.1 Å². The average Bonchev–Trinajstić information content (AvgIpc) is 3.01. The number of hydrogen-bond acceptors (Lipinski definition) is 5. The first kappa shape index (κ1) is 19.1. The monoisotopic (exact) mass is 418 g/mol. The highest BCUT2D eigenvalue weighted by molar-refractivity contribution is 7.20. The van der Waals surface area contributed by atoms with E-state index in [1.165, 1.54) is 36.0 Å². The molecule has 146 valence electrons. The molecule has 1 atom stereocenters. The Bertz CT molecular complexity index is 1050. The standard InChI is InChI=1S/C20H20ClFN4OS/c1-11-5-3-4-8-26(11)18-16-12(2)17(28-20(16)24-10-23-18)19(27)25-15-7-6-13(22)9-14(15)21/h6-7,9-11H,3-5,8H2,1-2H3,(H,25,27)/t11-/m1/s1. The molecule has 8 heteroatoms. The van der Waals surface area contributed by atoms with E-state index < -0.39 is 5.82 Å². The minimum atomic E-state index is -0.448. The van der Waals surface area contributed by atoms with Crippen LogP contribution in [0.1, 0.15) is 41.4 Å². The Morgan fingerprint density at radius 2 is 2.18 bits per heavy atom. The van der Waals surface area contributed by atoms with Crippen LogP contribution in [0, 0.1) is 12.7 Å². The zero-order chi connectivity index (χ0) is 19.8. The maximum Gasteiger partial charge on any atom is 0.266 e. The van der Waals surface area contributed by atoms with Crippen LogP contribution in [0.3, 0.4) is 0 Å². The van der Waals surface area contributed by atoms with Crippen molar-refractivity contribution in [2.45, 2.75) is 39.2 Å². The Morgan fingerprint density at radius 3 is 2.93 bits per heavy atom. The van der Waals surface area contributed by atoms with Crippen LogP contribution in [0.15, 0.2) is 24.5 Å². The highest BCUT2D eigenvalue weighted by atomic mass is 35.5. The molecule has 0 aliphatic carbocycles. The molecule has 1 aliphatic heterocycles. The molecular formula is C20H20ClFN4OS. The molecule has 0 saturated carbocycles. The smallest absolute Gasteiger partial charge is 0.266 e. The van der Waals surface area contributed by atoms with Crippen molar-refractivity contribution in [1.29, 1.82) is 0 Å². The van der Waals surface area contributed by atoms with Crippen LogP contribution in [-0.2, 0) is 0 Å². The molecule has 1 aromatic carbocycles. The molecule has 0 bridgehead atoms. The van der Waals surface area contributed by atoms with E-state index in [-0.39, 0.29) is 10.9 Å². The number of carbonyl (C=O) groups is 1. The van der Waals surface area contributed by atoms with E-state index in [9.17, 15) is 9.18 Å². The van der Waals surface area contributed by atoms with Gasteiger partial charge in [-0.15, -0.1) is 11.3 Å². The number of aromatic nitrogens is 2. The van der Waals surface area contributed by atoms with Gasteiger partial charge in [0.25, 0.3) is 5.91 Å². The third kappa shape index (κ3) is 3.44. The number of nitrogens with one attached hydrogen (secondary N) is 1. The molecule has 1 saturated heterocycles. The minimum Gasteiger partial charge on any atom is -0.353 e. The number of rotatable bonds is 3. The summed E-state index contributed by atoms with van der Waals surface area (Å²) in [6.45, 7) is 5.08. The molecule has 28 heavy (non-hydrogen) atoms. The third-order valence-corrected chi connectivity index (χ3v) is 6.68. The summed E-state index contributed by atoms with van der Waals surface area (Å²) in [6, 6.07) is 4.30. The maximum atomic E-state index is 13.2. The summed E-state index contributed by atoms with van der Waals surface area (Å²) >= 11 is 7.37. The molecule has 0 unspecified atom stereocenters. The van der Waals surface area contributed by atoms with Crippen molar-refractivity contribution in [3.8, 4) is 0 Å². The Balaban J connectivity index is 1.71. The molecule has 0 spiro atoms. The van der Waals surface area contributed by atoms with Gasteiger partial charge in [0.05, 0.1) is 21.0 Å². The first-order valence-electron chi connectivity index (χ1n) is 9.23. The summed E-state index contributed by atoms with van der Waals surface area (Å²) in [5, 5.41) is 3.86. The maximum absolute atomic E-state index is 13.2. The predicted octanol–water partition coefficient (Wildman–Crippen LogP) is 5.42. The van der Waals surface area contributed by atoms with Gasteiger partial charge in [-0.3, -0.25) is 4.79 Å². The summed E-state index contributed by atoms with van der Waals surface area (Å²) in [7, 11) is 0. The van der Waals surface area contributed by atoms with E-state index in [4.69, 9.17) is 11.6 Å². The molecule has 1 N–H and O–H groups in total. The van der Waals surface area contributed by atoms with Crippen molar-refractivity contribution in [2.75, 3.05) is 16.8 Å². The van der Waals surface area contributed by atoms with E-state index in [1.807, 2.05) is 6.92 Å². The fourth-order valence-electron chi connectivity index (χ4n) is 3.67. The van der Waals surface area contributed by atoms with Gasteiger partial charge in [-0.05, 0) is 56.9 Å². The lowest BCUT2D eigenvalue weighted by Crippen LogP contribution is -2.38. The number of thiophene rings is 1. The number of hydrogen-bond donors (Lipinski definition) is 1. The summed E-state index contributed by atoms with van der Waals surface area (Å²) in [4.78, 5) is 25.5. The molecule has 3 heterocycles. The van der Waals surface area contributed by atoms with Crippen molar-refractivity contribution in [3.05, 3.63) is 45.8 Å². The summed E-state index contributed by atoms with van der Waals surface area (Å²) < 4.78 is 13.2. The molecular weight excluding hydrogens is 399 g/mol. The molecule has 2 aromatic heterocycles. The van der Waals surface area contributed by atoms with Gasteiger partial charge in [-0.1, -0.05) is 11.6 Å². The van der Waals surface area contributed by atoms with Gasteiger partial charge in [0.1, 0.15) is 22.8 Å². The molecule has 1 aliphatic rings. The van der Waals surface area contributed by atoms with Crippen molar-refractivity contribution < 1.29 is 9.18 Å². The highest BCUT2D eigenvalue weighted by Crippen LogP contribution is 2.37. The largest absolute Gasteiger partial charge is 0.353 e. The average molecular weight is 419 g/mol. The Kier molecular flexibility index (Phi) is 5.21. The Morgan fingerprint density at radius 1 is 1.36 bits per heavy atom. The Hall–Kier alpha value is -2.25. The van der Waals surface area contributed by atoms with Crippen LogP contribution in [0.5, 0.6) is 0 Å². The normalized spacial score (nSPS) is 17.1. The molecule has 4 rings (SSSR count). The van der Waals surface area contributed by atoms with Gasteiger partial charge in [0.15, 0.2) is 0 Å². The van der Waals surface area contributed by atoms with E-state index >= 15 is 0 Å². The van der Waals surface area contributed by atoms with E-state index in [0.717, 1.165) is 41.0 Å². The van der Waals surface area contributed by atoms with Crippen LogP contribution >= 0.6 is 22.9 Å². The number of anilines is 2. The van der Waals surface area contributed by atoms with Crippen molar-refractivity contribution in [3.63, 3.8) is 0 Å². The minimum absolute atomic E-state index is 0.162. The number of fused-ring (bicyclic) bond motifs is 1. The number of carbonyl (C=O) groups excluding carboxylic acids is 1. The van der Waals surface area contributed by atoms with E-state index in [0.29, 0.717) is 16.6 Å². The lowest BCUT2D eigenvalue weighted by atomic mass is 10.0. The summed E-state index contributed by atoms with van der Waals surface area (Å²) in [5.41, 5.74) is 1.23. The third-order valence-electron chi connectivity index (χ3n) is 5.17. The van der Waals surface area contributed by atoms with Gasteiger partial charge in [-0.2, -0.15) is 0 Å². The summed E-state index contributed by atoms with van der Waals surface area (Å²) in [5.74, 6) is 0.160. The van der Waals surface area contributed by atoms with E-state index in [1.54, 1.807) is 6.33 Å². The zero-order valence-corrected chi connectivity index (χ0v) is 17.2. The van der Waals surface area contributed by atoms with Gasteiger partial charge in [-0.25, -0.2) is 14.4 Å². The number of nitrogens with zero attached hydrogens (tertiary/aromatic N) is 3. The van der Waals surface area contributed by atoms with Crippen molar-refractivity contribution in [1.82, 2.24) is 9.97 Å². The second kappa shape index (κ2) is 7.64. The lowest BCUT2D eigenvalue weighted by Gasteiger charge is -2.34. The number of amides is 1. The summed E-state index contributed by atoms with van der Waals surface area (Å²) in [6.07, 6.45) is 5.05. The zero-order valence-electron chi connectivity index (χ0n) is 15.6. The van der Waals surface area contributed by atoms with Gasteiger partial charge >= 0.3 is 0 Å². The van der Waals surface area contributed by atoms with Gasteiger partial charge in [0, 0.05) is 12.6 Å². The quantitative estimate of drug-likeness (QED) is 0.616. The SMILES string of the molecule is Cc1c(C(=O)Nc2ccc(F)cc2Cl)sc2ncnc(N3CCCC[C@H]3C)c12. The molecule has 5 nitrogen and oxygen atoms in total. The number of halogens is 2. The fraction of sp³-hybridized carbons (Fsp3) is 0.350. The fourth-order valence-corrected chi connectivity index (χ4v) is 4.92. The van der Waals surface area contributed by atoms with Crippen LogP contribution in [0.2, 0.25) is 5.02 Å². The van der Waals surface area contributed by atoms with E-state index in [2.05, 4.69) is 27.1 Å². The molecule has 1 amide bonds. The van der Waals surface area contributed by atoms with Crippen molar-refractivity contribution in [2.24, 2.45) is 0 Å². The highest BCUT2D eigenvalue weighted by Gasteiger charge is 2.26. The number of benzene rings is 1. The van der Waals surface area contributed by atoms with Crippen molar-refractivity contribution >= 4 is 50.6 Å². The van der Waals surface area contributed by atoms with Gasteiger partial charge < -0.3 is 10.2 Å². The van der Waals surface area contributed by atoms with Crippen LogP contribution < -0.4 is 10.2 Å². The second-order valence-electron chi connectivity index (χ2n) is 7.05. The first-order chi connectivity index (χ1) is 13.5. The Labute approximate surface area is 171 Å². The predicted molar refractivity (Wildman–Crippen MR) is 112 cm³/mol. The van der Waals surface area contributed by atoms with Crippen LogP contribution in [0.25, 0.3) is 10.2 Å². The van der Waals surface area contributed by atoms with Crippen LogP contribution in [0.4, 0.5) is 15.9 Å². The molecule has 1 fully saturated rings. The molecule has 0 radical (unpaired) electrons. The van der Waals surface area contributed by atoms with Gasteiger partial charge in [0.2, 0.25) is 0 Å². The van der Waals surface area contributed by atoms with Crippen LogP contribution in [-0.4, -0.2) is 28.5 Å². The molecule has 3 aromatic rings. The number of aryl methyl sites for hydroxylation is 1. The lowest BCUT2D eigenvalue weighted by molar-refractivity contribution is 0.103. The first-order valence-corrected chi connectivity index (χ1v) is 10.4. The number of piperidine rings is 1.